The number of hydrogen-bond acceptors (Lipinski definition) is 2. The van der Waals surface area contributed by atoms with Crippen molar-refractivity contribution in [2.24, 2.45) is 5.41 Å². The molecule has 0 saturated heterocycles. The van der Waals surface area contributed by atoms with Crippen LogP contribution in [0.4, 0.5) is 0 Å². The summed E-state index contributed by atoms with van der Waals surface area (Å²) in [5, 5.41) is 6.82. The molecule has 0 aliphatic heterocycles. The van der Waals surface area contributed by atoms with Gasteiger partial charge in [-0.25, -0.2) is 0 Å². The summed E-state index contributed by atoms with van der Waals surface area (Å²) in [4.78, 5) is 0. The van der Waals surface area contributed by atoms with Gasteiger partial charge in [0.15, 0.2) is 0 Å². The van der Waals surface area contributed by atoms with Gasteiger partial charge in [-0.2, -0.15) is 0 Å². The van der Waals surface area contributed by atoms with Crippen molar-refractivity contribution >= 4 is 0 Å². The maximum Gasteiger partial charge on any atom is 0.00682 e. The SMILES string of the molecule is CNCC(C)(C)CCCCNC1CC1. The molecule has 1 rings (SSSR count). The molecule has 0 bridgehead atoms. The molecule has 0 aromatic heterocycles. The molecule has 1 fully saturated rings. The predicted molar refractivity (Wildman–Crippen MR) is 62.6 cm³/mol. The Kier molecular flexibility index (Phi) is 4.90. The van der Waals surface area contributed by atoms with Crippen molar-refractivity contribution < 1.29 is 0 Å². The van der Waals surface area contributed by atoms with Gasteiger partial charge in [0.05, 0.1) is 0 Å². The molecule has 2 N–H and O–H groups in total. The summed E-state index contributed by atoms with van der Waals surface area (Å²) in [7, 11) is 2.04. The van der Waals surface area contributed by atoms with Crippen molar-refractivity contribution in [3.8, 4) is 0 Å². The zero-order valence-corrected chi connectivity index (χ0v) is 10.0. The minimum absolute atomic E-state index is 0.467. The first-order valence-electron chi connectivity index (χ1n) is 6.02. The van der Waals surface area contributed by atoms with Crippen molar-refractivity contribution in [3.05, 3.63) is 0 Å². The van der Waals surface area contributed by atoms with Crippen LogP contribution in [-0.4, -0.2) is 26.2 Å². The molecule has 1 saturated carbocycles. The molecule has 0 aromatic rings. The largest absolute Gasteiger partial charge is 0.319 e. The van der Waals surface area contributed by atoms with Crippen molar-refractivity contribution in [1.29, 1.82) is 0 Å². The monoisotopic (exact) mass is 198 g/mol. The van der Waals surface area contributed by atoms with Crippen LogP contribution in [0, 0.1) is 5.41 Å². The lowest BCUT2D eigenvalue weighted by Crippen LogP contribution is -2.27. The minimum atomic E-state index is 0.467. The molecule has 84 valence electrons. The lowest BCUT2D eigenvalue weighted by atomic mass is 9.87. The summed E-state index contributed by atoms with van der Waals surface area (Å²) in [6.07, 6.45) is 6.84. The Balaban J connectivity index is 1.90. The van der Waals surface area contributed by atoms with Crippen molar-refractivity contribution in [3.63, 3.8) is 0 Å². The topological polar surface area (TPSA) is 24.1 Å². The molecule has 1 aliphatic rings. The quantitative estimate of drug-likeness (QED) is 0.584. The molecule has 0 aromatic carbocycles. The lowest BCUT2D eigenvalue weighted by Gasteiger charge is -2.24. The fourth-order valence-electron chi connectivity index (χ4n) is 1.89. The van der Waals surface area contributed by atoms with Crippen LogP contribution >= 0.6 is 0 Å². The molecular weight excluding hydrogens is 172 g/mol. The van der Waals surface area contributed by atoms with E-state index in [1.54, 1.807) is 0 Å². The molecule has 1 aliphatic carbocycles. The molecule has 14 heavy (non-hydrogen) atoms. The fraction of sp³-hybridized carbons (Fsp3) is 1.00. The van der Waals surface area contributed by atoms with Crippen LogP contribution < -0.4 is 10.6 Å². The summed E-state index contributed by atoms with van der Waals surface area (Å²) in [5.41, 5.74) is 0.467. The smallest absolute Gasteiger partial charge is 0.00682 e. The summed E-state index contributed by atoms with van der Waals surface area (Å²) in [5.74, 6) is 0. The van der Waals surface area contributed by atoms with Gasteiger partial charge < -0.3 is 10.6 Å². The zero-order valence-electron chi connectivity index (χ0n) is 10.0. The van der Waals surface area contributed by atoms with Crippen LogP contribution in [0.2, 0.25) is 0 Å². The van der Waals surface area contributed by atoms with Crippen molar-refractivity contribution in [2.75, 3.05) is 20.1 Å². The Labute approximate surface area is 88.8 Å². The van der Waals surface area contributed by atoms with E-state index >= 15 is 0 Å². The van der Waals surface area contributed by atoms with E-state index in [1.807, 2.05) is 7.05 Å². The van der Waals surface area contributed by atoms with E-state index in [4.69, 9.17) is 0 Å². The zero-order chi connectivity index (χ0) is 10.4. The summed E-state index contributed by atoms with van der Waals surface area (Å²) in [6.45, 7) is 7.04. The molecule has 0 atom stereocenters. The van der Waals surface area contributed by atoms with E-state index in [1.165, 1.54) is 38.6 Å². The number of hydrogen-bond donors (Lipinski definition) is 2. The minimum Gasteiger partial charge on any atom is -0.319 e. The van der Waals surface area contributed by atoms with Gasteiger partial charge in [-0.05, 0) is 51.2 Å². The second kappa shape index (κ2) is 5.72. The highest BCUT2D eigenvalue weighted by Gasteiger charge is 2.20. The van der Waals surface area contributed by atoms with Gasteiger partial charge in [0.25, 0.3) is 0 Å². The third-order valence-corrected chi connectivity index (χ3v) is 2.95. The Hall–Kier alpha value is -0.0800. The molecule has 0 radical (unpaired) electrons. The van der Waals surface area contributed by atoms with E-state index in [2.05, 4.69) is 24.5 Å². The summed E-state index contributed by atoms with van der Waals surface area (Å²) >= 11 is 0. The molecular formula is C12H26N2. The average Bonchev–Trinajstić information content (AvgIpc) is 2.87. The van der Waals surface area contributed by atoms with Crippen molar-refractivity contribution in [2.45, 2.75) is 52.0 Å². The Morgan fingerprint density at radius 3 is 2.50 bits per heavy atom. The molecule has 0 spiro atoms. The van der Waals surface area contributed by atoms with Gasteiger partial charge in [-0.1, -0.05) is 20.3 Å². The second-order valence-electron chi connectivity index (χ2n) is 5.38. The third kappa shape index (κ3) is 5.61. The van der Waals surface area contributed by atoms with Crippen molar-refractivity contribution in [1.82, 2.24) is 10.6 Å². The summed E-state index contributed by atoms with van der Waals surface area (Å²) in [6, 6.07) is 0.875. The van der Waals surface area contributed by atoms with Gasteiger partial charge in [0.2, 0.25) is 0 Å². The lowest BCUT2D eigenvalue weighted by molar-refractivity contribution is 0.311. The predicted octanol–water partition coefficient (Wildman–Crippen LogP) is 2.15. The van der Waals surface area contributed by atoms with Crippen LogP contribution in [-0.2, 0) is 0 Å². The van der Waals surface area contributed by atoms with Crippen LogP contribution in [0.15, 0.2) is 0 Å². The van der Waals surface area contributed by atoms with Crippen LogP contribution in [0.1, 0.15) is 46.0 Å². The Morgan fingerprint density at radius 1 is 1.21 bits per heavy atom. The van der Waals surface area contributed by atoms with E-state index < -0.39 is 0 Å². The number of rotatable bonds is 8. The van der Waals surface area contributed by atoms with E-state index in [9.17, 15) is 0 Å². The molecule has 0 heterocycles. The average molecular weight is 198 g/mol. The highest BCUT2D eigenvalue weighted by molar-refractivity contribution is 4.80. The van der Waals surface area contributed by atoms with Gasteiger partial charge in [0, 0.05) is 6.04 Å². The van der Waals surface area contributed by atoms with Gasteiger partial charge in [-0.15, -0.1) is 0 Å². The molecule has 0 amide bonds. The first-order valence-corrected chi connectivity index (χ1v) is 6.02. The van der Waals surface area contributed by atoms with Crippen LogP contribution in [0.25, 0.3) is 0 Å². The summed E-state index contributed by atoms with van der Waals surface area (Å²) < 4.78 is 0. The van der Waals surface area contributed by atoms with Crippen LogP contribution in [0.3, 0.4) is 0 Å². The van der Waals surface area contributed by atoms with E-state index in [0.29, 0.717) is 5.41 Å². The van der Waals surface area contributed by atoms with Gasteiger partial charge in [0.1, 0.15) is 0 Å². The van der Waals surface area contributed by atoms with E-state index in [-0.39, 0.29) is 0 Å². The maximum atomic E-state index is 3.56. The highest BCUT2D eigenvalue weighted by Crippen LogP contribution is 2.22. The third-order valence-electron chi connectivity index (χ3n) is 2.95. The van der Waals surface area contributed by atoms with Gasteiger partial charge >= 0.3 is 0 Å². The Morgan fingerprint density at radius 2 is 1.93 bits per heavy atom. The highest BCUT2D eigenvalue weighted by atomic mass is 14.9. The fourth-order valence-corrected chi connectivity index (χ4v) is 1.89. The first kappa shape index (κ1) is 12.0. The maximum absolute atomic E-state index is 3.56. The number of nitrogens with one attached hydrogen (secondary N) is 2. The molecule has 2 nitrogen and oxygen atoms in total. The van der Waals surface area contributed by atoms with Gasteiger partial charge in [-0.3, -0.25) is 0 Å². The first-order chi connectivity index (χ1) is 6.64. The van der Waals surface area contributed by atoms with Crippen LogP contribution in [0.5, 0.6) is 0 Å². The normalized spacial score (nSPS) is 17.4. The second-order valence-corrected chi connectivity index (χ2v) is 5.38. The van der Waals surface area contributed by atoms with E-state index in [0.717, 1.165) is 12.6 Å². The molecule has 0 unspecified atom stereocenters. The standard InChI is InChI=1S/C12H26N2/c1-12(2,10-13-3)8-4-5-9-14-11-6-7-11/h11,13-14H,4-10H2,1-3H3. The number of unbranched alkanes of at least 4 members (excludes halogenated alkanes) is 1. The molecule has 2 heteroatoms. The Bertz CT molecular complexity index is 150.